The molecular weight excluding hydrogens is 271 g/mol. The second kappa shape index (κ2) is 7.14. The third-order valence-electron chi connectivity index (χ3n) is 4.19. The van der Waals surface area contributed by atoms with Crippen molar-refractivity contribution in [1.82, 2.24) is 4.90 Å². The van der Waals surface area contributed by atoms with Crippen LogP contribution in [0, 0.1) is 5.82 Å². The lowest BCUT2D eigenvalue weighted by Gasteiger charge is -2.29. The van der Waals surface area contributed by atoms with E-state index in [0.717, 1.165) is 13.0 Å². The maximum absolute atomic E-state index is 14.4. The lowest BCUT2D eigenvalue weighted by atomic mass is 10.1. The maximum Gasteiger partial charge on any atom is 0.137 e. The molecule has 20 heavy (non-hydrogen) atoms. The Morgan fingerprint density at radius 1 is 1.40 bits per heavy atom. The fraction of sp³-hybridized carbons (Fsp3) is 0.562. The van der Waals surface area contributed by atoms with E-state index in [-0.39, 0.29) is 10.8 Å². The van der Waals surface area contributed by atoms with Crippen molar-refractivity contribution in [3.05, 3.63) is 35.1 Å². The highest BCUT2D eigenvalue weighted by Gasteiger charge is 2.21. The lowest BCUT2D eigenvalue weighted by molar-refractivity contribution is 0.184. The first-order valence-corrected chi connectivity index (χ1v) is 7.85. The smallest absolute Gasteiger partial charge is 0.137 e. The van der Waals surface area contributed by atoms with Gasteiger partial charge in [-0.3, -0.25) is 4.90 Å². The Morgan fingerprint density at radius 2 is 2.20 bits per heavy atom. The van der Waals surface area contributed by atoms with E-state index in [2.05, 4.69) is 11.8 Å². The molecule has 0 amide bonds. The van der Waals surface area contributed by atoms with Crippen molar-refractivity contribution in [1.29, 1.82) is 0 Å². The number of hydrogen-bond donors (Lipinski definition) is 1. The molecule has 0 radical (unpaired) electrons. The van der Waals surface area contributed by atoms with Crippen LogP contribution >= 0.6 is 12.2 Å². The molecule has 1 heterocycles. The van der Waals surface area contributed by atoms with Gasteiger partial charge in [0.25, 0.3) is 0 Å². The van der Waals surface area contributed by atoms with Gasteiger partial charge in [-0.15, -0.1) is 0 Å². The summed E-state index contributed by atoms with van der Waals surface area (Å²) in [5, 5.41) is 0. The summed E-state index contributed by atoms with van der Waals surface area (Å²) >= 11 is 4.91. The van der Waals surface area contributed by atoms with Crippen LogP contribution in [0.2, 0.25) is 0 Å². The summed E-state index contributed by atoms with van der Waals surface area (Å²) < 4.78 is 14.4. The van der Waals surface area contributed by atoms with E-state index in [1.165, 1.54) is 25.7 Å². The summed E-state index contributed by atoms with van der Waals surface area (Å²) in [5.41, 5.74) is 6.64. The average molecular weight is 294 g/mol. The summed E-state index contributed by atoms with van der Waals surface area (Å²) in [6.07, 6.45) is 6.10. The molecule has 110 valence electrons. The van der Waals surface area contributed by atoms with E-state index in [9.17, 15) is 4.39 Å². The minimum absolute atomic E-state index is 0.132. The van der Waals surface area contributed by atoms with Gasteiger partial charge in [-0.1, -0.05) is 44.1 Å². The van der Waals surface area contributed by atoms with Crippen molar-refractivity contribution >= 4 is 17.2 Å². The zero-order chi connectivity index (χ0) is 14.5. The van der Waals surface area contributed by atoms with Gasteiger partial charge in [0.1, 0.15) is 10.8 Å². The van der Waals surface area contributed by atoms with Crippen molar-refractivity contribution < 1.29 is 4.39 Å². The first-order chi connectivity index (χ1) is 9.63. The predicted molar refractivity (Wildman–Crippen MR) is 85.2 cm³/mol. The first-order valence-electron chi connectivity index (χ1n) is 7.44. The average Bonchev–Trinajstić information content (AvgIpc) is 2.65. The molecule has 1 aromatic carbocycles. The van der Waals surface area contributed by atoms with Crippen LogP contribution in [-0.2, 0) is 6.54 Å². The molecule has 1 aliphatic heterocycles. The number of halogens is 1. The minimum Gasteiger partial charge on any atom is -0.389 e. The highest BCUT2D eigenvalue weighted by molar-refractivity contribution is 7.80. The summed E-state index contributed by atoms with van der Waals surface area (Å²) in [6, 6.07) is 5.90. The topological polar surface area (TPSA) is 29.3 Å². The van der Waals surface area contributed by atoms with Gasteiger partial charge in [-0.05, 0) is 31.9 Å². The number of hydrogen-bond acceptors (Lipinski definition) is 2. The van der Waals surface area contributed by atoms with Crippen molar-refractivity contribution in [3.8, 4) is 0 Å². The number of likely N-dealkylation sites (tertiary alicyclic amines) is 1. The van der Waals surface area contributed by atoms with E-state index in [0.29, 0.717) is 23.7 Å². The Labute approximate surface area is 126 Å². The van der Waals surface area contributed by atoms with E-state index in [4.69, 9.17) is 18.0 Å². The number of benzene rings is 1. The third kappa shape index (κ3) is 3.55. The highest BCUT2D eigenvalue weighted by Crippen LogP contribution is 2.23. The van der Waals surface area contributed by atoms with Gasteiger partial charge in [-0.25, -0.2) is 4.39 Å². The first kappa shape index (κ1) is 15.4. The third-order valence-corrected chi connectivity index (χ3v) is 4.41. The molecule has 0 saturated carbocycles. The quantitative estimate of drug-likeness (QED) is 0.860. The summed E-state index contributed by atoms with van der Waals surface area (Å²) in [5.74, 6) is -0.251. The number of thiocarbonyl (C=S) groups is 1. The van der Waals surface area contributed by atoms with Gasteiger partial charge in [0, 0.05) is 23.7 Å². The van der Waals surface area contributed by atoms with Crippen LogP contribution in [0.5, 0.6) is 0 Å². The summed E-state index contributed by atoms with van der Waals surface area (Å²) in [7, 11) is 0. The SMILES string of the molecule is CCC1CCCCCN1Cc1cccc(C(N)=S)c1F. The number of rotatable bonds is 4. The van der Waals surface area contributed by atoms with Crippen molar-refractivity contribution in [2.75, 3.05) is 6.54 Å². The molecule has 1 atom stereocenters. The van der Waals surface area contributed by atoms with Gasteiger partial charge < -0.3 is 5.73 Å². The van der Waals surface area contributed by atoms with Gasteiger partial charge in [-0.2, -0.15) is 0 Å². The molecule has 2 rings (SSSR count). The molecule has 1 aromatic rings. The molecule has 2 N–H and O–H groups in total. The fourth-order valence-electron chi connectivity index (χ4n) is 3.02. The molecule has 1 fully saturated rings. The summed E-state index contributed by atoms with van der Waals surface area (Å²) in [6.45, 7) is 3.92. The van der Waals surface area contributed by atoms with Crippen LogP contribution in [0.4, 0.5) is 4.39 Å². The fourth-order valence-corrected chi connectivity index (χ4v) is 3.18. The Bertz CT molecular complexity index is 476. The molecule has 4 heteroatoms. The second-order valence-corrected chi connectivity index (χ2v) is 5.96. The molecular formula is C16H23FN2S. The van der Waals surface area contributed by atoms with Gasteiger partial charge >= 0.3 is 0 Å². The molecule has 1 aliphatic rings. The van der Waals surface area contributed by atoms with Crippen LogP contribution in [0.25, 0.3) is 0 Å². The standard InChI is InChI=1S/C16H23FN2S/c1-2-13-8-4-3-5-10-19(13)11-12-7-6-9-14(15(12)17)16(18)20/h6-7,9,13H,2-5,8,10-11H2,1H3,(H2,18,20). The number of nitrogens with zero attached hydrogens (tertiary/aromatic N) is 1. The zero-order valence-corrected chi connectivity index (χ0v) is 12.9. The molecule has 0 aliphatic carbocycles. The normalized spacial score (nSPS) is 20.6. The van der Waals surface area contributed by atoms with Crippen molar-refractivity contribution in [2.24, 2.45) is 5.73 Å². The predicted octanol–water partition coefficient (Wildman–Crippen LogP) is 3.61. The highest BCUT2D eigenvalue weighted by atomic mass is 32.1. The van der Waals surface area contributed by atoms with Crippen molar-refractivity contribution in [3.63, 3.8) is 0 Å². The van der Waals surface area contributed by atoms with Crippen LogP contribution in [0.1, 0.15) is 50.2 Å². The lowest BCUT2D eigenvalue weighted by Crippen LogP contribution is -2.34. The molecule has 1 saturated heterocycles. The number of nitrogens with two attached hydrogens (primary N) is 1. The van der Waals surface area contributed by atoms with E-state index < -0.39 is 0 Å². The van der Waals surface area contributed by atoms with Crippen molar-refractivity contribution in [2.45, 2.75) is 51.6 Å². The van der Waals surface area contributed by atoms with Gasteiger partial charge in [0.2, 0.25) is 0 Å². The second-order valence-electron chi connectivity index (χ2n) is 5.52. The monoisotopic (exact) mass is 294 g/mol. The van der Waals surface area contributed by atoms with Gasteiger partial charge in [0.05, 0.1) is 0 Å². The van der Waals surface area contributed by atoms with Crippen LogP contribution < -0.4 is 5.73 Å². The largest absolute Gasteiger partial charge is 0.389 e. The Kier molecular flexibility index (Phi) is 5.49. The Hall–Kier alpha value is -1.00. The van der Waals surface area contributed by atoms with E-state index >= 15 is 0 Å². The summed E-state index contributed by atoms with van der Waals surface area (Å²) in [4.78, 5) is 2.54. The minimum atomic E-state index is -0.251. The van der Waals surface area contributed by atoms with Crippen LogP contribution in [-0.4, -0.2) is 22.5 Å². The molecule has 0 spiro atoms. The molecule has 0 bridgehead atoms. The van der Waals surface area contributed by atoms with Crippen LogP contribution in [0.15, 0.2) is 18.2 Å². The van der Waals surface area contributed by atoms with Gasteiger partial charge in [0.15, 0.2) is 0 Å². The van der Waals surface area contributed by atoms with E-state index in [1.54, 1.807) is 6.07 Å². The molecule has 0 aromatic heterocycles. The maximum atomic E-state index is 14.4. The van der Waals surface area contributed by atoms with E-state index in [1.807, 2.05) is 12.1 Å². The zero-order valence-electron chi connectivity index (χ0n) is 12.1. The Balaban J connectivity index is 2.19. The Morgan fingerprint density at radius 3 is 2.90 bits per heavy atom. The molecule has 2 nitrogen and oxygen atoms in total. The molecule has 1 unspecified atom stereocenters. The van der Waals surface area contributed by atoms with Crippen LogP contribution in [0.3, 0.4) is 0 Å².